The second kappa shape index (κ2) is 5.30. The van der Waals surface area contributed by atoms with Gasteiger partial charge in [-0.2, -0.15) is 0 Å². The Morgan fingerprint density at radius 2 is 1.23 bits per heavy atom. The zero-order chi connectivity index (χ0) is 15.7. The fourth-order valence-electron chi connectivity index (χ4n) is 2.17. The summed E-state index contributed by atoms with van der Waals surface area (Å²) in [6, 6.07) is 14.8. The van der Waals surface area contributed by atoms with Crippen LogP contribution in [0.2, 0.25) is 0 Å². The molecule has 0 saturated heterocycles. The third-order valence-electron chi connectivity index (χ3n) is 3.54. The number of phenolic OH excluding ortho intramolecular Hbond substituents is 1. The van der Waals surface area contributed by atoms with Crippen molar-refractivity contribution in [2.24, 2.45) is 0 Å². The van der Waals surface area contributed by atoms with Crippen molar-refractivity contribution in [1.29, 1.82) is 0 Å². The Labute approximate surface area is 129 Å². The van der Waals surface area contributed by atoms with Gasteiger partial charge in [-0.15, -0.1) is 10.2 Å². The monoisotopic (exact) mass is 294 g/mol. The van der Waals surface area contributed by atoms with Gasteiger partial charge in [-0.3, -0.25) is 0 Å². The van der Waals surface area contributed by atoms with Crippen LogP contribution in [0, 0.1) is 0 Å². The fourth-order valence-corrected chi connectivity index (χ4v) is 2.17. The first kappa shape index (κ1) is 14.3. The van der Waals surface area contributed by atoms with Crippen molar-refractivity contribution in [2.45, 2.75) is 26.2 Å². The Morgan fingerprint density at radius 1 is 0.773 bits per heavy atom. The summed E-state index contributed by atoms with van der Waals surface area (Å²) in [5.41, 5.74) is 3.05. The maximum Gasteiger partial charge on any atom is 0.248 e. The van der Waals surface area contributed by atoms with E-state index in [9.17, 15) is 5.11 Å². The molecule has 0 amide bonds. The molecule has 0 fully saturated rings. The number of phenols is 1. The predicted molar refractivity (Wildman–Crippen MR) is 85.5 cm³/mol. The standard InChI is InChI=1S/C18H18N2O2/c1-18(2,3)14-8-4-12(5-9-14)16-19-20-17(22-16)13-6-10-15(21)11-7-13/h4-11,21H,1-3H3. The van der Waals surface area contributed by atoms with Gasteiger partial charge in [0.05, 0.1) is 0 Å². The number of hydrogen-bond acceptors (Lipinski definition) is 4. The lowest BCUT2D eigenvalue weighted by Gasteiger charge is -2.18. The number of rotatable bonds is 2. The molecule has 3 aromatic rings. The summed E-state index contributed by atoms with van der Waals surface area (Å²) in [4.78, 5) is 0. The maximum absolute atomic E-state index is 9.31. The Morgan fingerprint density at radius 3 is 1.68 bits per heavy atom. The molecule has 0 bridgehead atoms. The highest BCUT2D eigenvalue weighted by atomic mass is 16.4. The van der Waals surface area contributed by atoms with E-state index in [0.717, 1.165) is 11.1 Å². The molecule has 4 heteroatoms. The van der Waals surface area contributed by atoms with E-state index in [1.807, 2.05) is 12.1 Å². The van der Waals surface area contributed by atoms with E-state index >= 15 is 0 Å². The minimum atomic E-state index is 0.116. The molecule has 3 rings (SSSR count). The molecule has 0 atom stereocenters. The molecule has 2 aromatic carbocycles. The molecule has 1 aromatic heterocycles. The number of aromatic hydroxyl groups is 1. The molecule has 0 aliphatic rings. The Hall–Kier alpha value is -2.62. The van der Waals surface area contributed by atoms with Crippen LogP contribution in [-0.4, -0.2) is 15.3 Å². The third kappa shape index (κ3) is 2.86. The summed E-state index contributed by atoms with van der Waals surface area (Å²) in [7, 11) is 0. The second-order valence-electron chi connectivity index (χ2n) is 6.29. The molecule has 1 N–H and O–H groups in total. The van der Waals surface area contributed by atoms with E-state index in [4.69, 9.17) is 4.42 Å². The molecule has 0 aliphatic carbocycles. The third-order valence-corrected chi connectivity index (χ3v) is 3.54. The van der Waals surface area contributed by atoms with Gasteiger partial charge in [-0.1, -0.05) is 32.9 Å². The Bertz CT molecular complexity index is 766. The van der Waals surface area contributed by atoms with E-state index in [1.54, 1.807) is 24.3 Å². The highest BCUT2D eigenvalue weighted by Gasteiger charge is 2.15. The zero-order valence-electron chi connectivity index (χ0n) is 12.9. The second-order valence-corrected chi connectivity index (χ2v) is 6.29. The van der Waals surface area contributed by atoms with Gasteiger partial charge < -0.3 is 9.52 Å². The predicted octanol–water partition coefficient (Wildman–Crippen LogP) is 4.41. The van der Waals surface area contributed by atoms with E-state index in [-0.39, 0.29) is 11.2 Å². The number of hydrogen-bond donors (Lipinski definition) is 1. The lowest BCUT2D eigenvalue weighted by molar-refractivity contribution is 0.475. The summed E-state index contributed by atoms with van der Waals surface area (Å²) >= 11 is 0. The summed E-state index contributed by atoms with van der Waals surface area (Å²) in [6.07, 6.45) is 0. The van der Waals surface area contributed by atoms with Crippen molar-refractivity contribution in [3.05, 3.63) is 54.1 Å². The van der Waals surface area contributed by atoms with Crippen LogP contribution in [0.3, 0.4) is 0 Å². The van der Waals surface area contributed by atoms with Crippen molar-refractivity contribution >= 4 is 0 Å². The summed E-state index contributed by atoms with van der Waals surface area (Å²) in [5.74, 6) is 1.14. The van der Waals surface area contributed by atoms with Crippen LogP contribution < -0.4 is 0 Å². The van der Waals surface area contributed by atoms with Gasteiger partial charge in [0.15, 0.2) is 0 Å². The van der Waals surface area contributed by atoms with Crippen LogP contribution >= 0.6 is 0 Å². The average molecular weight is 294 g/mol. The highest BCUT2D eigenvalue weighted by molar-refractivity contribution is 5.58. The van der Waals surface area contributed by atoms with Crippen molar-refractivity contribution < 1.29 is 9.52 Å². The van der Waals surface area contributed by atoms with Gasteiger partial charge in [-0.25, -0.2) is 0 Å². The maximum atomic E-state index is 9.31. The first-order valence-corrected chi connectivity index (χ1v) is 7.17. The van der Waals surface area contributed by atoms with Gasteiger partial charge in [0, 0.05) is 11.1 Å². The van der Waals surface area contributed by atoms with Crippen LogP contribution in [0.15, 0.2) is 52.9 Å². The van der Waals surface area contributed by atoms with E-state index in [0.29, 0.717) is 11.8 Å². The first-order chi connectivity index (χ1) is 10.4. The molecule has 22 heavy (non-hydrogen) atoms. The molecule has 0 radical (unpaired) electrons. The van der Waals surface area contributed by atoms with Crippen molar-refractivity contribution in [3.63, 3.8) is 0 Å². The summed E-state index contributed by atoms with van der Waals surface area (Å²) in [6.45, 7) is 6.53. The number of nitrogens with zero attached hydrogens (tertiary/aromatic N) is 2. The molecule has 0 unspecified atom stereocenters. The topological polar surface area (TPSA) is 59.2 Å². The molecule has 0 spiro atoms. The highest BCUT2D eigenvalue weighted by Crippen LogP contribution is 2.28. The smallest absolute Gasteiger partial charge is 0.248 e. The van der Waals surface area contributed by atoms with Crippen molar-refractivity contribution in [1.82, 2.24) is 10.2 Å². The van der Waals surface area contributed by atoms with Gasteiger partial charge in [0.1, 0.15) is 5.75 Å². The van der Waals surface area contributed by atoms with Crippen LogP contribution in [0.4, 0.5) is 0 Å². The Balaban J connectivity index is 1.89. The first-order valence-electron chi connectivity index (χ1n) is 7.17. The van der Waals surface area contributed by atoms with Crippen LogP contribution in [0.5, 0.6) is 5.75 Å². The van der Waals surface area contributed by atoms with Crippen LogP contribution in [0.1, 0.15) is 26.3 Å². The largest absolute Gasteiger partial charge is 0.508 e. The van der Waals surface area contributed by atoms with Crippen molar-refractivity contribution in [3.8, 4) is 28.7 Å². The quantitative estimate of drug-likeness (QED) is 0.760. The van der Waals surface area contributed by atoms with Gasteiger partial charge in [0.25, 0.3) is 0 Å². The van der Waals surface area contributed by atoms with Gasteiger partial charge in [-0.05, 0) is 47.4 Å². The number of benzene rings is 2. The minimum Gasteiger partial charge on any atom is -0.508 e. The van der Waals surface area contributed by atoms with Crippen molar-refractivity contribution in [2.75, 3.05) is 0 Å². The van der Waals surface area contributed by atoms with E-state index in [1.165, 1.54) is 5.56 Å². The zero-order valence-corrected chi connectivity index (χ0v) is 12.9. The molecule has 1 heterocycles. The molecule has 112 valence electrons. The molecular formula is C18H18N2O2. The summed E-state index contributed by atoms with van der Waals surface area (Å²) < 4.78 is 5.72. The summed E-state index contributed by atoms with van der Waals surface area (Å²) in [5, 5.41) is 17.5. The molecular weight excluding hydrogens is 276 g/mol. The van der Waals surface area contributed by atoms with Crippen LogP contribution in [-0.2, 0) is 5.41 Å². The fraction of sp³-hybridized carbons (Fsp3) is 0.222. The Kier molecular flexibility index (Phi) is 3.45. The van der Waals surface area contributed by atoms with Crippen LogP contribution in [0.25, 0.3) is 22.9 Å². The van der Waals surface area contributed by atoms with E-state index < -0.39 is 0 Å². The van der Waals surface area contributed by atoms with E-state index in [2.05, 4.69) is 43.1 Å². The molecule has 0 aliphatic heterocycles. The average Bonchev–Trinajstić information content (AvgIpc) is 2.97. The lowest BCUT2D eigenvalue weighted by atomic mass is 9.87. The normalized spacial score (nSPS) is 11.6. The molecule has 0 saturated carbocycles. The number of aromatic nitrogens is 2. The van der Waals surface area contributed by atoms with Gasteiger partial charge in [0.2, 0.25) is 11.8 Å². The minimum absolute atomic E-state index is 0.116. The molecule has 4 nitrogen and oxygen atoms in total. The SMILES string of the molecule is CC(C)(C)c1ccc(-c2nnc(-c3ccc(O)cc3)o2)cc1. The van der Waals surface area contributed by atoms with Gasteiger partial charge >= 0.3 is 0 Å². The lowest BCUT2D eigenvalue weighted by Crippen LogP contribution is -2.10.